The number of benzene rings is 2. The van der Waals surface area contributed by atoms with Gasteiger partial charge in [-0.3, -0.25) is 0 Å². The molecule has 0 atom stereocenters. The van der Waals surface area contributed by atoms with Crippen LogP contribution in [0, 0.1) is 0 Å². The van der Waals surface area contributed by atoms with Crippen molar-refractivity contribution in [2.75, 3.05) is 11.6 Å². The summed E-state index contributed by atoms with van der Waals surface area (Å²) in [6, 6.07) is 12.1. The van der Waals surface area contributed by atoms with Crippen LogP contribution < -0.4 is 5.32 Å². The number of nitrogens with one attached hydrogen (secondary N) is 1. The Kier molecular flexibility index (Phi) is 4.74. The molecule has 0 radical (unpaired) electrons. The smallest absolute Gasteiger partial charge is 0.150 e. The zero-order chi connectivity index (χ0) is 14.8. The van der Waals surface area contributed by atoms with E-state index in [1.165, 1.54) is 4.70 Å². The van der Waals surface area contributed by atoms with Crippen molar-refractivity contribution in [3.63, 3.8) is 0 Å². The Bertz CT molecular complexity index is 788. The van der Waals surface area contributed by atoms with E-state index in [9.17, 15) is 0 Å². The Balaban J connectivity index is 1.80. The summed E-state index contributed by atoms with van der Waals surface area (Å²) in [7, 11) is 0. The molecule has 0 aliphatic heterocycles. The normalized spacial score (nSPS) is 11.0. The van der Waals surface area contributed by atoms with Gasteiger partial charge in [-0.2, -0.15) is 0 Å². The Labute approximate surface area is 145 Å². The number of nitrogens with zero attached hydrogens (tertiary/aromatic N) is 1. The lowest BCUT2D eigenvalue weighted by atomic mass is 10.2. The molecule has 0 saturated heterocycles. The van der Waals surface area contributed by atoms with Gasteiger partial charge in [0.15, 0.2) is 4.34 Å². The largest absolute Gasteiger partial charge is 0.381 e. The van der Waals surface area contributed by atoms with Crippen LogP contribution in [0.5, 0.6) is 0 Å². The van der Waals surface area contributed by atoms with E-state index in [1.54, 1.807) is 23.1 Å². The summed E-state index contributed by atoms with van der Waals surface area (Å²) in [4.78, 5) is 4.55. The Hall–Kier alpha value is -0.750. The molecule has 2 nitrogen and oxygen atoms in total. The molecule has 108 valence electrons. The topological polar surface area (TPSA) is 24.9 Å². The van der Waals surface area contributed by atoms with Crippen LogP contribution in [-0.4, -0.2) is 11.2 Å². The van der Waals surface area contributed by atoms with Crippen molar-refractivity contribution < 1.29 is 0 Å². The number of hydrogen-bond donors (Lipinski definition) is 1. The summed E-state index contributed by atoms with van der Waals surface area (Å²) >= 11 is 13.0. The molecule has 0 amide bonds. The molecular formula is C15H12BrClN2S2. The van der Waals surface area contributed by atoms with Crippen LogP contribution in [0.25, 0.3) is 10.2 Å². The minimum atomic E-state index is 0.723. The van der Waals surface area contributed by atoms with Crippen molar-refractivity contribution in [2.45, 2.75) is 10.9 Å². The summed E-state index contributed by atoms with van der Waals surface area (Å²) in [6.07, 6.45) is 2.05. The average Bonchev–Trinajstić information content (AvgIpc) is 2.90. The number of aromatic nitrogens is 1. The van der Waals surface area contributed by atoms with Crippen molar-refractivity contribution >= 4 is 66.5 Å². The van der Waals surface area contributed by atoms with Gasteiger partial charge >= 0.3 is 0 Å². The molecule has 0 fully saturated rings. The molecule has 6 heteroatoms. The maximum atomic E-state index is 6.04. The van der Waals surface area contributed by atoms with E-state index in [1.807, 2.05) is 24.5 Å². The molecular weight excluding hydrogens is 388 g/mol. The average molecular weight is 400 g/mol. The van der Waals surface area contributed by atoms with E-state index < -0.39 is 0 Å². The van der Waals surface area contributed by atoms with Gasteiger partial charge in [0.25, 0.3) is 0 Å². The van der Waals surface area contributed by atoms with Gasteiger partial charge in [0.1, 0.15) is 0 Å². The number of fused-ring (bicyclic) bond motifs is 1. The Morgan fingerprint density at radius 1 is 1.29 bits per heavy atom. The van der Waals surface area contributed by atoms with Crippen molar-refractivity contribution in [3.05, 3.63) is 51.5 Å². The molecule has 0 bridgehead atoms. The van der Waals surface area contributed by atoms with Gasteiger partial charge < -0.3 is 5.32 Å². The molecule has 0 saturated carbocycles. The number of rotatable bonds is 4. The van der Waals surface area contributed by atoms with E-state index in [2.05, 4.69) is 44.4 Å². The summed E-state index contributed by atoms with van der Waals surface area (Å²) in [5.41, 5.74) is 3.28. The van der Waals surface area contributed by atoms with Gasteiger partial charge in [0, 0.05) is 21.7 Å². The highest BCUT2D eigenvalue weighted by Gasteiger charge is 2.05. The molecule has 1 N–H and O–H groups in total. The van der Waals surface area contributed by atoms with Gasteiger partial charge in [0.2, 0.25) is 0 Å². The fraction of sp³-hybridized carbons (Fsp3) is 0.133. The van der Waals surface area contributed by atoms with E-state index in [-0.39, 0.29) is 0 Å². The molecule has 1 heterocycles. The molecule has 0 unspecified atom stereocenters. The first-order valence-corrected chi connectivity index (χ1v) is 9.49. The zero-order valence-electron chi connectivity index (χ0n) is 11.2. The van der Waals surface area contributed by atoms with Gasteiger partial charge in [0.05, 0.1) is 10.2 Å². The van der Waals surface area contributed by atoms with Crippen LogP contribution in [0.2, 0.25) is 5.02 Å². The predicted molar refractivity (Wildman–Crippen MR) is 97.9 cm³/mol. The Morgan fingerprint density at radius 3 is 2.95 bits per heavy atom. The van der Waals surface area contributed by atoms with E-state index in [0.717, 1.165) is 37.1 Å². The number of anilines is 1. The van der Waals surface area contributed by atoms with Gasteiger partial charge in [-0.15, -0.1) is 11.3 Å². The lowest BCUT2D eigenvalue weighted by Gasteiger charge is -2.08. The molecule has 2 aromatic carbocycles. The highest BCUT2D eigenvalue weighted by molar-refractivity contribution is 9.10. The van der Waals surface area contributed by atoms with Crippen molar-refractivity contribution in [1.29, 1.82) is 0 Å². The summed E-state index contributed by atoms with van der Waals surface area (Å²) < 4.78 is 3.36. The van der Waals surface area contributed by atoms with Crippen LogP contribution in [0.4, 0.5) is 5.69 Å². The van der Waals surface area contributed by atoms with Crippen LogP contribution in [0.1, 0.15) is 5.56 Å². The molecule has 0 aliphatic rings. The number of halogens is 2. The second-order valence-corrected chi connectivity index (χ2v) is 7.83. The van der Waals surface area contributed by atoms with Crippen molar-refractivity contribution in [1.82, 2.24) is 4.98 Å². The first-order valence-electron chi connectivity index (χ1n) is 6.28. The van der Waals surface area contributed by atoms with Crippen LogP contribution in [-0.2, 0) is 6.54 Å². The second-order valence-electron chi connectivity index (χ2n) is 4.46. The van der Waals surface area contributed by atoms with Gasteiger partial charge in [-0.25, -0.2) is 4.98 Å². The zero-order valence-corrected chi connectivity index (χ0v) is 15.2. The number of thiazole rings is 1. The third kappa shape index (κ3) is 3.54. The van der Waals surface area contributed by atoms with Gasteiger partial charge in [-0.05, 0) is 48.2 Å². The maximum Gasteiger partial charge on any atom is 0.150 e. The minimum Gasteiger partial charge on any atom is -0.381 e. The first-order chi connectivity index (χ1) is 10.2. The van der Waals surface area contributed by atoms with E-state index >= 15 is 0 Å². The van der Waals surface area contributed by atoms with Crippen molar-refractivity contribution in [2.24, 2.45) is 0 Å². The standard InChI is InChI=1S/C15H12BrClN2S2/c1-20-15-19-13-5-3-11(7-14(13)21-15)18-8-9-6-10(17)2-4-12(9)16/h2-7,18H,8H2,1H3. The minimum absolute atomic E-state index is 0.723. The third-order valence-electron chi connectivity index (χ3n) is 3.03. The lowest BCUT2D eigenvalue weighted by molar-refractivity contribution is 1.14. The number of hydrogen-bond acceptors (Lipinski definition) is 4. The van der Waals surface area contributed by atoms with Crippen LogP contribution >= 0.6 is 50.6 Å². The first kappa shape index (κ1) is 15.2. The predicted octanol–water partition coefficient (Wildman–Crippen LogP) is 6.05. The second kappa shape index (κ2) is 6.57. The monoisotopic (exact) mass is 398 g/mol. The summed E-state index contributed by atoms with van der Waals surface area (Å²) in [6.45, 7) is 0.723. The fourth-order valence-electron chi connectivity index (χ4n) is 1.98. The molecule has 3 rings (SSSR count). The summed E-state index contributed by atoms with van der Waals surface area (Å²) in [5.74, 6) is 0. The molecule has 0 spiro atoms. The molecule has 21 heavy (non-hydrogen) atoms. The van der Waals surface area contributed by atoms with Crippen molar-refractivity contribution in [3.8, 4) is 0 Å². The fourth-order valence-corrected chi connectivity index (χ4v) is 4.09. The maximum absolute atomic E-state index is 6.04. The highest BCUT2D eigenvalue weighted by Crippen LogP contribution is 2.30. The van der Waals surface area contributed by atoms with E-state index in [0.29, 0.717) is 0 Å². The molecule has 0 aliphatic carbocycles. The van der Waals surface area contributed by atoms with Crippen LogP contribution in [0.15, 0.2) is 45.2 Å². The molecule has 1 aromatic heterocycles. The van der Waals surface area contributed by atoms with E-state index in [4.69, 9.17) is 11.6 Å². The SMILES string of the molecule is CSc1nc2ccc(NCc3cc(Cl)ccc3Br)cc2s1. The van der Waals surface area contributed by atoms with Crippen LogP contribution in [0.3, 0.4) is 0 Å². The summed E-state index contributed by atoms with van der Waals surface area (Å²) in [5, 5.41) is 4.18. The Morgan fingerprint density at radius 2 is 2.14 bits per heavy atom. The molecule has 3 aromatic rings. The quantitative estimate of drug-likeness (QED) is 0.541. The van der Waals surface area contributed by atoms with Gasteiger partial charge in [-0.1, -0.05) is 39.3 Å². The third-order valence-corrected chi connectivity index (χ3v) is 6.05. The highest BCUT2D eigenvalue weighted by atomic mass is 79.9. The lowest BCUT2D eigenvalue weighted by Crippen LogP contribution is -1.99. The number of thioether (sulfide) groups is 1.